The van der Waals surface area contributed by atoms with E-state index in [1.807, 2.05) is 6.07 Å². The van der Waals surface area contributed by atoms with E-state index in [-0.39, 0.29) is 5.02 Å². The second-order valence-electron chi connectivity index (χ2n) is 4.11. The van der Waals surface area contributed by atoms with E-state index in [4.69, 9.17) is 34.8 Å². The quantitative estimate of drug-likeness (QED) is 0.725. The van der Waals surface area contributed by atoms with E-state index in [2.05, 4.69) is 10.6 Å². The molecule has 0 atom stereocenters. The molecule has 0 aromatic heterocycles. The van der Waals surface area contributed by atoms with Gasteiger partial charge in [0.25, 0.3) is 0 Å². The van der Waals surface area contributed by atoms with Crippen LogP contribution in [0.25, 0.3) is 0 Å². The van der Waals surface area contributed by atoms with Crippen LogP contribution in [-0.2, 0) is 0 Å². The van der Waals surface area contributed by atoms with Crippen molar-refractivity contribution in [3.8, 4) is 0 Å². The van der Waals surface area contributed by atoms with Crippen LogP contribution in [0.3, 0.4) is 0 Å². The van der Waals surface area contributed by atoms with Gasteiger partial charge in [-0.3, -0.25) is 0 Å². The highest BCUT2D eigenvalue weighted by Crippen LogP contribution is 2.24. The van der Waals surface area contributed by atoms with E-state index in [1.165, 1.54) is 6.07 Å². The summed E-state index contributed by atoms with van der Waals surface area (Å²) in [7, 11) is 0. The van der Waals surface area contributed by atoms with Crippen molar-refractivity contribution in [2.24, 2.45) is 0 Å². The SMILES string of the molecule is Fc1ccc(NCCNc2ccc(Cl)c(Cl)c2)cc1Cl. The Balaban J connectivity index is 1.81. The zero-order valence-corrected chi connectivity index (χ0v) is 12.7. The van der Waals surface area contributed by atoms with Crippen LogP contribution < -0.4 is 10.6 Å². The minimum atomic E-state index is -0.425. The van der Waals surface area contributed by atoms with Crippen molar-refractivity contribution in [1.29, 1.82) is 0 Å². The Hall–Kier alpha value is -1.16. The van der Waals surface area contributed by atoms with E-state index in [1.54, 1.807) is 24.3 Å². The molecule has 0 fully saturated rings. The average Bonchev–Trinajstić information content (AvgIpc) is 2.42. The van der Waals surface area contributed by atoms with Crippen LogP contribution in [0.15, 0.2) is 36.4 Å². The Kier molecular flexibility index (Phi) is 5.35. The molecule has 106 valence electrons. The predicted molar refractivity (Wildman–Crippen MR) is 84.9 cm³/mol. The van der Waals surface area contributed by atoms with Gasteiger partial charge in [-0.2, -0.15) is 0 Å². The number of anilines is 2. The minimum Gasteiger partial charge on any atom is -0.383 e. The van der Waals surface area contributed by atoms with Crippen molar-refractivity contribution >= 4 is 46.2 Å². The Bertz CT molecular complexity index is 551. The van der Waals surface area contributed by atoms with Gasteiger partial charge < -0.3 is 10.6 Å². The summed E-state index contributed by atoms with van der Waals surface area (Å²) < 4.78 is 13.0. The smallest absolute Gasteiger partial charge is 0.141 e. The predicted octanol–water partition coefficient (Wildman–Crippen LogP) is 5.31. The van der Waals surface area contributed by atoms with Crippen molar-refractivity contribution in [3.05, 3.63) is 57.3 Å². The van der Waals surface area contributed by atoms with Crippen molar-refractivity contribution in [3.63, 3.8) is 0 Å². The fourth-order valence-electron chi connectivity index (χ4n) is 1.63. The molecule has 2 rings (SSSR count). The van der Waals surface area contributed by atoms with E-state index < -0.39 is 5.82 Å². The molecule has 0 aliphatic rings. The molecule has 0 heterocycles. The molecule has 0 aliphatic carbocycles. The second-order valence-corrected chi connectivity index (χ2v) is 5.33. The molecule has 2 aromatic rings. The highest BCUT2D eigenvalue weighted by Gasteiger charge is 2.01. The van der Waals surface area contributed by atoms with Gasteiger partial charge >= 0.3 is 0 Å². The Morgan fingerprint density at radius 3 is 1.85 bits per heavy atom. The molecule has 0 saturated carbocycles. The van der Waals surface area contributed by atoms with Crippen LogP contribution in [0.4, 0.5) is 15.8 Å². The number of hydrogen-bond acceptors (Lipinski definition) is 2. The van der Waals surface area contributed by atoms with E-state index in [9.17, 15) is 4.39 Å². The lowest BCUT2D eigenvalue weighted by Gasteiger charge is -2.10. The molecule has 0 bridgehead atoms. The van der Waals surface area contributed by atoms with Gasteiger partial charge in [-0.05, 0) is 36.4 Å². The van der Waals surface area contributed by atoms with Crippen molar-refractivity contribution in [2.75, 3.05) is 23.7 Å². The van der Waals surface area contributed by atoms with Crippen LogP contribution >= 0.6 is 34.8 Å². The van der Waals surface area contributed by atoms with Gasteiger partial charge in [0.05, 0.1) is 15.1 Å². The van der Waals surface area contributed by atoms with Gasteiger partial charge in [0.1, 0.15) is 5.82 Å². The zero-order valence-electron chi connectivity index (χ0n) is 10.4. The third-order valence-corrected chi connectivity index (χ3v) is 3.65. The van der Waals surface area contributed by atoms with Crippen LogP contribution in [0.5, 0.6) is 0 Å². The molecule has 2 aromatic carbocycles. The van der Waals surface area contributed by atoms with Crippen LogP contribution in [-0.4, -0.2) is 13.1 Å². The topological polar surface area (TPSA) is 24.1 Å². The fraction of sp³-hybridized carbons (Fsp3) is 0.143. The molecule has 0 spiro atoms. The molecule has 2 nitrogen and oxygen atoms in total. The van der Waals surface area contributed by atoms with Gasteiger partial charge in [0.15, 0.2) is 0 Å². The summed E-state index contributed by atoms with van der Waals surface area (Å²) in [5, 5.41) is 7.47. The minimum absolute atomic E-state index is 0.104. The van der Waals surface area contributed by atoms with E-state index in [0.29, 0.717) is 23.1 Å². The largest absolute Gasteiger partial charge is 0.383 e. The standard InChI is InChI=1S/C14H12Cl3FN2/c15-11-3-1-9(7-12(11)16)19-5-6-20-10-2-4-14(18)13(17)8-10/h1-4,7-8,19-20H,5-6H2. The van der Waals surface area contributed by atoms with Gasteiger partial charge in [-0.15, -0.1) is 0 Å². The summed E-state index contributed by atoms with van der Waals surface area (Å²) in [6.45, 7) is 1.33. The van der Waals surface area contributed by atoms with Gasteiger partial charge in [0, 0.05) is 24.5 Å². The summed E-state index contributed by atoms with van der Waals surface area (Å²) >= 11 is 17.4. The van der Waals surface area contributed by atoms with E-state index in [0.717, 1.165) is 11.4 Å². The van der Waals surface area contributed by atoms with Gasteiger partial charge in [-0.25, -0.2) is 4.39 Å². The number of benzene rings is 2. The monoisotopic (exact) mass is 332 g/mol. The zero-order chi connectivity index (χ0) is 14.5. The molecular weight excluding hydrogens is 322 g/mol. The van der Waals surface area contributed by atoms with Crippen molar-refractivity contribution in [1.82, 2.24) is 0 Å². The lowest BCUT2D eigenvalue weighted by Crippen LogP contribution is -2.13. The highest BCUT2D eigenvalue weighted by atomic mass is 35.5. The molecule has 0 aliphatic heterocycles. The molecule has 0 saturated heterocycles. The molecule has 0 unspecified atom stereocenters. The van der Waals surface area contributed by atoms with Crippen molar-refractivity contribution < 1.29 is 4.39 Å². The van der Waals surface area contributed by atoms with E-state index >= 15 is 0 Å². The first-order chi connectivity index (χ1) is 9.56. The van der Waals surface area contributed by atoms with Gasteiger partial charge in [0.2, 0.25) is 0 Å². The first-order valence-corrected chi connectivity index (χ1v) is 7.07. The maximum atomic E-state index is 13.0. The number of hydrogen-bond donors (Lipinski definition) is 2. The Labute approximate surface area is 131 Å². The third kappa shape index (κ3) is 4.17. The van der Waals surface area contributed by atoms with Gasteiger partial charge in [-0.1, -0.05) is 34.8 Å². The summed E-state index contributed by atoms with van der Waals surface area (Å²) in [5.74, 6) is -0.425. The lowest BCUT2D eigenvalue weighted by molar-refractivity contribution is 0.628. The summed E-state index contributed by atoms with van der Waals surface area (Å²) in [6, 6.07) is 9.87. The second kappa shape index (κ2) is 7.02. The summed E-state index contributed by atoms with van der Waals surface area (Å²) in [5.41, 5.74) is 1.66. The molecular formula is C14H12Cl3FN2. The highest BCUT2D eigenvalue weighted by molar-refractivity contribution is 6.42. The molecule has 6 heteroatoms. The van der Waals surface area contributed by atoms with Crippen LogP contribution in [0.1, 0.15) is 0 Å². The summed E-state index contributed by atoms with van der Waals surface area (Å²) in [4.78, 5) is 0. The summed E-state index contributed by atoms with van der Waals surface area (Å²) in [6.07, 6.45) is 0. The maximum Gasteiger partial charge on any atom is 0.141 e. The number of rotatable bonds is 5. The molecule has 0 radical (unpaired) electrons. The number of halogens is 4. The third-order valence-electron chi connectivity index (χ3n) is 2.62. The Morgan fingerprint density at radius 1 is 0.750 bits per heavy atom. The first-order valence-electron chi connectivity index (χ1n) is 5.94. The lowest BCUT2D eigenvalue weighted by atomic mass is 10.3. The van der Waals surface area contributed by atoms with Crippen molar-refractivity contribution in [2.45, 2.75) is 0 Å². The first kappa shape index (κ1) is 15.2. The Morgan fingerprint density at radius 2 is 1.30 bits per heavy atom. The molecule has 2 N–H and O–H groups in total. The fourth-order valence-corrected chi connectivity index (χ4v) is 2.10. The molecule has 0 amide bonds. The van der Waals surface area contributed by atoms with Crippen LogP contribution in [0, 0.1) is 5.82 Å². The normalized spacial score (nSPS) is 10.4. The maximum absolute atomic E-state index is 13.0. The average molecular weight is 334 g/mol. The molecule has 20 heavy (non-hydrogen) atoms. The number of nitrogens with one attached hydrogen (secondary N) is 2. The van der Waals surface area contributed by atoms with Crippen LogP contribution in [0.2, 0.25) is 15.1 Å².